The lowest BCUT2D eigenvalue weighted by atomic mass is 10.1. The SMILES string of the molecule is [2H]C([2H])([2H])OCC([2H])(OS(C)(=O)=O)c1ccc(C(F)(F)F)cc1. The Morgan fingerprint density at radius 1 is 1.37 bits per heavy atom. The van der Waals surface area contributed by atoms with E-state index in [0.717, 1.165) is 12.1 Å². The Morgan fingerprint density at radius 3 is 2.37 bits per heavy atom. The quantitative estimate of drug-likeness (QED) is 0.784. The first-order chi connectivity index (χ1) is 10.1. The fourth-order valence-corrected chi connectivity index (χ4v) is 1.76. The standard InChI is InChI=1S/C11H13F3O4S/c1-17-7-10(18-19(2,15)16)8-3-5-9(6-4-8)11(12,13)14/h3-6,10H,7H2,1-2H3/i1D3,10D. The van der Waals surface area contributed by atoms with Gasteiger partial charge in [-0.05, 0) is 17.7 Å². The van der Waals surface area contributed by atoms with Crippen LogP contribution in [-0.4, -0.2) is 28.3 Å². The maximum Gasteiger partial charge on any atom is 0.416 e. The third-order valence-electron chi connectivity index (χ3n) is 1.99. The Morgan fingerprint density at radius 2 is 1.95 bits per heavy atom. The molecular formula is C11H13F3O4S. The highest BCUT2D eigenvalue weighted by molar-refractivity contribution is 7.86. The summed E-state index contributed by atoms with van der Waals surface area (Å²) < 4.78 is 97.6. The van der Waals surface area contributed by atoms with Crippen LogP contribution in [0.25, 0.3) is 0 Å². The Kier molecular flexibility index (Phi) is 3.30. The van der Waals surface area contributed by atoms with E-state index in [2.05, 4.69) is 8.92 Å². The molecule has 0 aliphatic rings. The van der Waals surface area contributed by atoms with E-state index in [1.54, 1.807) is 0 Å². The van der Waals surface area contributed by atoms with Gasteiger partial charge in [-0.15, -0.1) is 0 Å². The molecule has 1 aromatic carbocycles. The molecule has 0 saturated carbocycles. The van der Waals surface area contributed by atoms with Crippen molar-refractivity contribution < 1.29 is 36.0 Å². The van der Waals surface area contributed by atoms with Crippen LogP contribution < -0.4 is 0 Å². The first-order valence-corrected chi connectivity index (χ1v) is 6.66. The van der Waals surface area contributed by atoms with Crippen molar-refractivity contribution in [1.29, 1.82) is 0 Å². The molecule has 0 heterocycles. The first kappa shape index (κ1) is 10.6. The summed E-state index contributed by atoms with van der Waals surface area (Å²) in [6, 6.07) is 2.90. The van der Waals surface area contributed by atoms with Crippen LogP contribution in [0.2, 0.25) is 0 Å². The minimum atomic E-state index is -4.61. The van der Waals surface area contributed by atoms with E-state index in [4.69, 9.17) is 5.48 Å². The van der Waals surface area contributed by atoms with Gasteiger partial charge in [0.25, 0.3) is 10.1 Å². The third-order valence-corrected chi connectivity index (χ3v) is 2.49. The third kappa shape index (κ3) is 5.17. The number of alkyl halides is 3. The van der Waals surface area contributed by atoms with E-state index in [1.807, 2.05) is 0 Å². The van der Waals surface area contributed by atoms with Gasteiger partial charge >= 0.3 is 6.18 Å². The largest absolute Gasteiger partial charge is 0.416 e. The van der Waals surface area contributed by atoms with Crippen molar-refractivity contribution in [3.63, 3.8) is 0 Å². The van der Waals surface area contributed by atoms with Gasteiger partial charge in [0.05, 0.1) is 23.9 Å². The molecule has 0 saturated heterocycles. The maximum atomic E-state index is 12.5. The Labute approximate surface area is 114 Å². The first-order valence-electron chi connectivity index (χ1n) is 6.85. The van der Waals surface area contributed by atoms with E-state index in [9.17, 15) is 21.6 Å². The summed E-state index contributed by atoms with van der Waals surface area (Å²) in [6.07, 6.45) is -6.53. The predicted molar refractivity (Wildman–Crippen MR) is 62.0 cm³/mol. The van der Waals surface area contributed by atoms with Gasteiger partial charge in [0.15, 0.2) is 0 Å². The Hall–Kier alpha value is -1.12. The highest BCUT2D eigenvalue weighted by Gasteiger charge is 2.30. The van der Waals surface area contributed by atoms with Crippen LogP contribution in [0.15, 0.2) is 24.3 Å². The number of methoxy groups -OCH3 is 1. The fraction of sp³-hybridized carbons (Fsp3) is 0.455. The van der Waals surface area contributed by atoms with Gasteiger partial charge in [-0.25, -0.2) is 0 Å². The average Bonchev–Trinajstić information content (AvgIpc) is 2.33. The van der Waals surface area contributed by atoms with Crippen molar-refractivity contribution >= 4 is 10.1 Å². The van der Waals surface area contributed by atoms with Crippen LogP contribution in [0.1, 0.15) is 22.7 Å². The summed E-state index contributed by atoms with van der Waals surface area (Å²) in [5.74, 6) is 0. The summed E-state index contributed by atoms with van der Waals surface area (Å²) >= 11 is 0. The van der Waals surface area contributed by atoms with Crippen molar-refractivity contribution in [1.82, 2.24) is 0 Å². The van der Waals surface area contributed by atoms with Gasteiger partial charge in [-0.1, -0.05) is 12.1 Å². The molecule has 1 unspecified atom stereocenters. The van der Waals surface area contributed by atoms with Gasteiger partial charge in [-0.2, -0.15) is 21.6 Å². The minimum Gasteiger partial charge on any atom is -0.382 e. The summed E-state index contributed by atoms with van der Waals surface area (Å²) in [6.45, 7) is -1.03. The van der Waals surface area contributed by atoms with Gasteiger partial charge in [-0.3, -0.25) is 4.18 Å². The van der Waals surface area contributed by atoms with E-state index in [1.165, 1.54) is 0 Å². The molecule has 4 nitrogen and oxygen atoms in total. The molecule has 0 radical (unpaired) electrons. The maximum absolute atomic E-state index is 12.5. The second-order valence-electron chi connectivity index (χ2n) is 3.57. The lowest BCUT2D eigenvalue weighted by molar-refractivity contribution is -0.137. The monoisotopic (exact) mass is 302 g/mol. The molecule has 1 rings (SSSR count). The predicted octanol–water partition coefficient (Wildman–Crippen LogP) is 2.37. The summed E-state index contributed by atoms with van der Waals surface area (Å²) in [5.41, 5.74) is -1.32. The molecule has 108 valence electrons. The topological polar surface area (TPSA) is 52.6 Å². The van der Waals surface area contributed by atoms with Crippen molar-refractivity contribution in [2.24, 2.45) is 0 Å². The molecule has 0 fully saturated rings. The second kappa shape index (κ2) is 5.89. The molecule has 19 heavy (non-hydrogen) atoms. The molecular weight excluding hydrogens is 285 g/mol. The van der Waals surface area contributed by atoms with E-state index in [0.29, 0.717) is 18.4 Å². The van der Waals surface area contributed by atoms with Crippen LogP contribution >= 0.6 is 0 Å². The number of benzene rings is 1. The highest BCUT2D eigenvalue weighted by Crippen LogP contribution is 2.30. The molecule has 0 aliphatic heterocycles. The van der Waals surface area contributed by atoms with E-state index >= 15 is 0 Å². The van der Waals surface area contributed by atoms with Crippen LogP contribution in [0.3, 0.4) is 0 Å². The van der Waals surface area contributed by atoms with Gasteiger partial charge in [0, 0.05) is 7.04 Å². The van der Waals surface area contributed by atoms with Crippen LogP contribution in [-0.2, 0) is 25.2 Å². The number of halogens is 3. The second-order valence-corrected chi connectivity index (χ2v) is 5.15. The molecule has 0 N–H and O–H groups in total. The van der Waals surface area contributed by atoms with Crippen molar-refractivity contribution in [2.45, 2.75) is 12.3 Å². The lowest BCUT2D eigenvalue weighted by Crippen LogP contribution is -2.15. The Balaban J connectivity index is 3.18. The fourth-order valence-electron chi connectivity index (χ4n) is 1.25. The van der Waals surface area contributed by atoms with Crippen molar-refractivity contribution in [3.05, 3.63) is 35.4 Å². The number of rotatable bonds is 5. The van der Waals surface area contributed by atoms with E-state index < -0.39 is 41.6 Å². The van der Waals surface area contributed by atoms with Gasteiger partial charge in [0.1, 0.15) is 6.08 Å². The van der Waals surface area contributed by atoms with E-state index in [-0.39, 0.29) is 5.56 Å². The van der Waals surface area contributed by atoms with Crippen LogP contribution in [0.5, 0.6) is 0 Å². The van der Waals surface area contributed by atoms with Gasteiger partial charge in [0.2, 0.25) is 0 Å². The van der Waals surface area contributed by atoms with Crippen LogP contribution in [0, 0.1) is 0 Å². The molecule has 0 spiro atoms. The average molecular weight is 302 g/mol. The summed E-state index contributed by atoms with van der Waals surface area (Å²) in [4.78, 5) is 0. The zero-order valence-electron chi connectivity index (χ0n) is 13.7. The van der Waals surface area contributed by atoms with Crippen molar-refractivity contribution in [3.8, 4) is 0 Å². The summed E-state index contributed by atoms with van der Waals surface area (Å²) in [5, 5.41) is 0. The smallest absolute Gasteiger partial charge is 0.382 e. The minimum absolute atomic E-state index is 0.305. The lowest BCUT2D eigenvalue weighted by Gasteiger charge is -2.16. The molecule has 0 amide bonds. The number of ether oxygens (including phenoxy) is 1. The molecule has 8 heteroatoms. The number of hydrogen-bond donors (Lipinski definition) is 0. The molecule has 1 atom stereocenters. The molecule has 0 aliphatic carbocycles. The number of hydrogen-bond acceptors (Lipinski definition) is 4. The van der Waals surface area contributed by atoms with Gasteiger partial charge < -0.3 is 4.74 Å². The zero-order valence-corrected chi connectivity index (χ0v) is 10.5. The van der Waals surface area contributed by atoms with Crippen molar-refractivity contribution in [2.75, 3.05) is 19.9 Å². The van der Waals surface area contributed by atoms with Crippen LogP contribution in [0.4, 0.5) is 13.2 Å². The summed E-state index contributed by atoms with van der Waals surface area (Å²) in [7, 11) is -7.14. The molecule has 0 aromatic heterocycles. The highest BCUT2D eigenvalue weighted by atomic mass is 32.2. The molecule has 1 aromatic rings. The Bertz CT molecular complexity index is 643. The molecule has 0 bridgehead atoms. The normalized spacial score (nSPS) is 19.8. The zero-order chi connectivity index (χ0) is 18.1.